The zero-order valence-corrected chi connectivity index (χ0v) is 5.33. The van der Waals surface area contributed by atoms with Crippen molar-refractivity contribution in [3.8, 4) is 0 Å². The first kappa shape index (κ1) is 7.01. The Balaban J connectivity index is 2.63. The number of aliphatic hydroxyl groups is 1. The van der Waals surface area contributed by atoms with Crippen molar-refractivity contribution in [1.82, 2.24) is 5.32 Å². The van der Waals surface area contributed by atoms with E-state index in [1.165, 1.54) is 6.92 Å². The predicted octanol–water partition coefficient (Wildman–Crippen LogP) is -0.998. The van der Waals surface area contributed by atoms with Crippen molar-refractivity contribution in [2.24, 2.45) is 0 Å². The molecule has 5 heteroatoms. The monoisotopic (exact) mass is 145 g/mol. The molecular weight excluding hydrogens is 138 g/mol. The molecule has 1 amide bonds. The molecule has 1 aliphatic heterocycles. The predicted molar refractivity (Wildman–Crippen MR) is 30.1 cm³/mol. The SMILES string of the molecule is CC(O)[C@@H]1NC(=O)OC1=O. The van der Waals surface area contributed by atoms with Crippen LogP contribution in [0.3, 0.4) is 0 Å². The van der Waals surface area contributed by atoms with E-state index >= 15 is 0 Å². The maximum absolute atomic E-state index is 10.6. The Kier molecular flexibility index (Phi) is 1.58. The van der Waals surface area contributed by atoms with Crippen LogP contribution in [0.5, 0.6) is 0 Å². The molecule has 1 heterocycles. The summed E-state index contributed by atoms with van der Waals surface area (Å²) in [6.07, 6.45) is -1.70. The van der Waals surface area contributed by atoms with Crippen molar-refractivity contribution in [3.05, 3.63) is 0 Å². The lowest BCUT2D eigenvalue weighted by Crippen LogP contribution is -2.38. The average Bonchev–Trinajstić information content (AvgIpc) is 2.10. The third kappa shape index (κ3) is 1.08. The van der Waals surface area contributed by atoms with Crippen LogP contribution in [0.15, 0.2) is 0 Å². The zero-order valence-electron chi connectivity index (χ0n) is 5.33. The zero-order chi connectivity index (χ0) is 7.72. The van der Waals surface area contributed by atoms with Crippen molar-refractivity contribution in [2.75, 3.05) is 0 Å². The van der Waals surface area contributed by atoms with Crippen LogP contribution in [-0.4, -0.2) is 29.3 Å². The minimum absolute atomic E-state index is 0.722. The van der Waals surface area contributed by atoms with Crippen molar-refractivity contribution in [3.63, 3.8) is 0 Å². The Morgan fingerprint density at radius 1 is 1.70 bits per heavy atom. The molecule has 1 saturated heterocycles. The Morgan fingerprint density at radius 3 is 2.50 bits per heavy atom. The number of esters is 1. The number of ether oxygens (including phenoxy) is 1. The standard InChI is InChI=1S/C5H7NO4/c1-2(7)3-4(8)10-5(9)6-3/h2-3,7H,1H3,(H,6,9)/t2?,3-/m0/s1. The van der Waals surface area contributed by atoms with E-state index in [0.717, 1.165) is 0 Å². The summed E-state index contributed by atoms with van der Waals surface area (Å²) in [5.41, 5.74) is 0. The van der Waals surface area contributed by atoms with E-state index in [-0.39, 0.29) is 0 Å². The molecule has 1 aliphatic rings. The highest BCUT2D eigenvalue weighted by molar-refractivity contribution is 5.95. The highest BCUT2D eigenvalue weighted by Crippen LogP contribution is 2.03. The molecule has 1 unspecified atom stereocenters. The first-order chi connectivity index (χ1) is 4.61. The molecule has 0 aromatic carbocycles. The summed E-state index contributed by atoms with van der Waals surface area (Å²) in [5, 5.41) is 11.0. The number of hydrogen-bond donors (Lipinski definition) is 2. The van der Waals surface area contributed by atoms with E-state index < -0.39 is 24.2 Å². The molecule has 0 spiro atoms. The Hall–Kier alpha value is -1.10. The van der Waals surface area contributed by atoms with Crippen LogP contribution in [0.1, 0.15) is 6.92 Å². The first-order valence-electron chi connectivity index (χ1n) is 2.81. The Morgan fingerprint density at radius 2 is 2.30 bits per heavy atom. The molecule has 10 heavy (non-hydrogen) atoms. The van der Waals surface area contributed by atoms with E-state index in [1.807, 2.05) is 0 Å². The number of rotatable bonds is 1. The van der Waals surface area contributed by atoms with Crippen LogP contribution in [0.25, 0.3) is 0 Å². The lowest BCUT2D eigenvalue weighted by molar-refractivity contribution is -0.137. The van der Waals surface area contributed by atoms with Gasteiger partial charge in [-0.05, 0) is 6.92 Å². The maximum Gasteiger partial charge on any atom is 0.415 e. The minimum Gasteiger partial charge on any atom is -0.391 e. The molecule has 0 saturated carbocycles. The molecule has 5 nitrogen and oxygen atoms in total. The Bertz CT molecular complexity index is 176. The van der Waals surface area contributed by atoms with Gasteiger partial charge in [0.15, 0.2) is 6.04 Å². The normalized spacial score (nSPS) is 27.6. The van der Waals surface area contributed by atoms with Crippen molar-refractivity contribution < 1.29 is 19.4 Å². The summed E-state index contributed by atoms with van der Waals surface area (Å²) in [7, 11) is 0. The summed E-state index contributed by atoms with van der Waals surface area (Å²) in [6, 6.07) is -0.896. The average molecular weight is 145 g/mol. The lowest BCUT2D eigenvalue weighted by Gasteiger charge is -2.06. The number of amides is 1. The lowest BCUT2D eigenvalue weighted by atomic mass is 10.2. The molecule has 2 atom stereocenters. The van der Waals surface area contributed by atoms with Crippen molar-refractivity contribution in [2.45, 2.75) is 19.1 Å². The third-order valence-electron chi connectivity index (χ3n) is 1.20. The van der Waals surface area contributed by atoms with Crippen LogP contribution in [0, 0.1) is 0 Å². The number of aliphatic hydroxyl groups excluding tert-OH is 1. The number of hydrogen-bond acceptors (Lipinski definition) is 4. The van der Waals surface area contributed by atoms with Gasteiger partial charge in [-0.1, -0.05) is 0 Å². The number of carbonyl (C=O) groups is 2. The fourth-order valence-electron chi connectivity index (χ4n) is 0.688. The number of alkyl carbamates (subject to hydrolysis) is 1. The molecule has 0 aromatic rings. The van der Waals surface area contributed by atoms with E-state index in [1.54, 1.807) is 0 Å². The molecule has 0 aliphatic carbocycles. The highest BCUT2D eigenvalue weighted by Gasteiger charge is 2.35. The van der Waals surface area contributed by atoms with Gasteiger partial charge in [0.2, 0.25) is 0 Å². The van der Waals surface area contributed by atoms with Crippen LogP contribution in [0.4, 0.5) is 4.79 Å². The van der Waals surface area contributed by atoms with Crippen LogP contribution in [0.2, 0.25) is 0 Å². The summed E-state index contributed by atoms with van der Waals surface area (Å²) in [4.78, 5) is 20.9. The van der Waals surface area contributed by atoms with Gasteiger partial charge in [0.25, 0.3) is 0 Å². The van der Waals surface area contributed by atoms with Crippen LogP contribution < -0.4 is 5.32 Å². The summed E-state index contributed by atoms with van der Waals surface area (Å²) < 4.78 is 4.09. The van der Waals surface area contributed by atoms with Gasteiger partial charge in [0.1, 0.15) is 0 Å². The summed E-state index contributed by atoms with van der Waals surface area (Å²) in [5.74, 6) is -0.722. The van der Waals surface area contributed by atoms with Gasteiger partial charge in [0, 0.05) is 0 Å². The quantitative estimate of drug-likeness (QED) is 0.366. The fraction of sp³-hybridized carbons (Fsp3) is 0.600. The molecule has 0 radical (unpaired) electrons. The summed E-state index contributed by atoms with van der Waals surface area (Å²) in [6.45, 7) is 1.40. The fourth-order valence-corrected chi connectivity index (χ4v) is 0.688. The minimum atomic E-state index is -0.904. The molecule has 1 rings (SSSR count). The van der Waals surface area contributed by atoms with Gasteiger partial charge in [0.05, 0.1) is 6.10 Å². The molecule has 2 N–H and O–H groups in total. The largest absolute Gasteiger partial charge is 0.415 e. The van der Waals surface area contributed by atoms with E-state index in [0.29, 0.717) is 0 Å². The molecule has 1 fully saturated rings. The first-order valence-corrected chi connectivity index (χ1v) is 2.81. The van der Waals surface area contributed by atoms with E-state index in [9.17, 15) is 9.59 Å². The molecule has 56 valence electrons. The van der Waals surface area contributed by atoms with Crippen LogP contribution in [-0.2, 0) is 9.53 Å². The van der Waals surface area contributed by atoms with Gasteiger partial charge in [-0.3, -0.25) is 0 Å². The number of nitrogens with one attached hydrogen (secondary N) is 1. The van der Waals surface area contributed by atoms with Crippen molar-refractivity contribution in [1.29, 1.82) is 0 Å². The second-order valence-electron chi connectivity index (χ2n) is 2.07. The summed E-state index contributed by atoms with van der Waals surface area (Å²) >= 11 is 0. The van der Waals surface area contributed by atoms with Gasteiger partial charge >= 0.3 is 12.1 Å². The smallest absolute Gasteiger partial charge is 0.391 e. The number of carbonyl (C=O) groups excluding carboxylic acids is 2. The van der Waals surface area contributed by atoms with Crippen LogP contribution >= 0.6 is 0 Å². The second kappa shape index (κ2) is 2.26. The Labute approximate surface area is 57.0 Å². The second-order valence-corrected chi connectivity index (χ2v) is 2.07. The van der Waals surface area contributed by atoms with E-state index in [4.69, 9.17) is 5.11 Å². The van der Waals surface area contributed by atoms with Gasteiger partial charge in [-0.15, -0.1) is 0 Å². The molecule has 0 aromatic heterocycles. The topological polar surface area (TPSA) is 75.6 Å². The molecular formula is C5H7NO4. The van der Waals surface area contributed by atoms with Gasteiger partial charge in [-0.25, -0.2) is 9.59 Å². The maximum atomic E-state index is 10.6. The molecule has 0 bridgehead atoms. The van der Waals surface area contributed by atoms with Gasteiger partial charge in [-0.2, -0.15) is 0 Å². The highest BCUT2D eigenvalue weighted by atomic mass is 16.6. The number of cyclic esters (lactones) is 2. The van der Waals surface area contributed by atoms with E-state index in [2.05, 4.69) is 10.1 Å². The third-order valence-corrected chi connectivity index (χ3v) is 1.20. The van der Waals surface area contributed by atoms with Crippen molar-refractivity contribution >= 4 is 12.1 Å². The van der Waals surface area contributed by atoms with Gasteiger partial charge < -0.3 is 15.2 Å².